The Hall–Kier alpha value is -1.46. The van der Waals surface area contributed by atoms with Crippen molar-refractivity contribution in [3.63, 3.8) is 0 Å². The molecule has 2 aromatic rings. The van der Waals surface area contributed by atoms with Gasteiger partial charge in [-0.3, -0.25) is 4.79 Å². The van der Waals surface area contributed by atoms with E-state index >= 15 is 0 Å². The third kappa shape index (κ3) is 6.69. The van der Waals surface area contributed by atoms with Crippen LogP contribution in [0.2, 0.25) is 5.02 Å². The molecule has 0 bridgehead atoms. The molecule has 2 atom stereocenters. The van der Waals surface area contributed by atoms with Gasteiger partial charge >= 0.3 is 12.7 Å². The molecule has 26 heavy (non-hydrogen) atoms. The van der Waals surface area contributed by atoms with Crippen LogP contribution in [0.5, 0.6) is 5.75 Å². The third-order valence-corrected chi connectivity index (χ3v) is 7.09. The number of nitrogens with one attached hydrogen (secondary N) is 1. The van der Waals surface area contributed by atoms with E-state index in [1.165, 1.54) is 0 Å². The van der Waals surface area contributed by atoms with Gasteiger partial charge in [-0.25, -0.2) is 9.65 Å². The van der Waals surface area contributed by atoms with Gasteiger partial charge in [0.05, 0.1) is 6.10 Å². The fraction of sp³-hybridized carbons (Fsp3) is 0.278. The summed E-state index contributed by atoms with van der Waals surface area (Å²) in [5, 5.41) is 3.38. The molecule has 0 fully saturated rings. The highest BCUT2D eigenvalue weighted by atomic mass is 35.5. The summed E-state index contributed by atoms with van der Waals surface area (Å²) < 4.78 is 24.3. The highest BCUT2D eigenvalue weighted by molar-refractivity contribution is 8.56. The lowest BCUT2D eigenvalue weighted by molar-refractivity contribution is -0.148. The average molecular weight is 414 g/mol. The van der Waals surface area contributed by atoms with E-state index in [-0.39, 0.29) is 6.10 Å². The van der Waals surface area contributed by atoms with E-state index in [1.807, 2.05) is 6.07 Å². The van der Waals surface area contributed by atoms with E-state index in [0.717, 1.165) is 11.4 Å². The Morgan fingerprint density at radius 2 is 1.69 bits per heavy atom. The van der Waals surface area contributed by atoms with Gasteiger partial charge in [-0.05, 0) is 68.6 Å². The van der Waals surface area contributed by atoms with Crippen LogP contribution in [0.3, 0.4) is 0 Å². The number of carbonyl (C=O) groups excluding carboxylic acids is 1. The minimum Gasteiger partial charge on any atom is -0.462 e. The molecule has 0 saturated heterocycles. The van der Waals surface area contributed by atoms with E-state index in [4.69, 9.17) is 20.9 Å². The number of hydrogen-bond acceptors (Lipinski definition) is 5. The molecule has 0 spiro atoms. The van der Waals surface area contributed by atoms with Crippen molar-refractivity contribution < 1.29 is 18.6 Å². The molecule has 2 aromatic carbocycles. The van der Waals surface area contributed by atoms with Gasteiger partial charge in [0.15, 0.2) is 0 Å². The number of esters is 1. The summed E-state index contributed by atoms with van der Waals surface area (Å²) in [6.45, 7) is 1.60. The molecule has 0 aromatic heterocycles. The zero-order chi connectivity index (χ0) is 19.2. The van der Waals surface area contributed by atoms with Crippen molar-refractivity contribution >= 4 is 35.7 Å². The monoisotopic (exact) mass is 413 g/mol. The fourth-order valence-corrected chi connectivity index (χ4v) is 5.93. The molecule has 0 aliphatic heterocycles. The van der Waals surface area contributed by atoms with Crippen LogP contribution in [-0.4, -0.2) is 18.1 Å². The van der Waals surface area contributed by atoms with Crippen LogP contribution in [0.1, 0.15) is 20.8 Å². The second-order valence-corrected chi connectivity index (χ2v) is 10.3. The van der Waals surface area contributed by atoms with Crippen molar-refractivity contribution in [2.45, 2.75) is 37.8 Å². The van der Waals surface area contributed by atoms with Crippen LogP contribution in [0.15, 0.2) is 59.5 Å². The number of carbonyl (C=O) groups is 1. The van der Waals surface area contributed by atoms with Crippen LogP contribution in [0, 0.1) is 0 Å². The van der Waals surface area contributed by atoms with E-state index in [9.17, 15) is 9.36 Å². The minimum atomic E-state index is -3.51. The van der Waals surface area contributed by atoms with Gasteiger partial charge in [-0.2, -0.15) is 0 Å². The quantitative estimate of drug-likeness (QED) is 0.452. The largest absolute Gasteiger partial charge is 0.462 e. The Morgan fingerprint density at radius 3 is 2.27 bits per heavy atom. The summed E-state index contributed by atoms with van der Waals surface area (Å²) in [4.78, 5) is 12.8. The summed E-state index contributed by atoms with van der Waals surface area (Å²) in [6.07, 6.45) is -0.259. The molecule has 0 aliphatic carbocycles. The number of hydrogen-bond donors (Lipinski definition) is 1. The van der Waals surface area contributed by atoms with Crippen LogP contribution in [0.4, 0.5) is 0 Å². The van der Waals surface area contributed by atoms with Gasteiger partial charge < -0.3 is 9.26 Å². The Labute approximate surface area is 162 Å². The molecule has 2 rings (SSSR count). The molecular formula is C18H21ClNO4PS. The van der Waals surface area contributed by atoms with Crippen LogP contribution >= 0.6 is 29.7 Å². The van der Waals surface area contributed by atoms with Crippen molar-refractivity contribution in [1.29, 1.82) is 0 Å². The first kappa shape index (κ1) is 20.8. The Bertz CT molecular complexity index is 771. The van der Waals surface area contributed by atoms with E-state index in [0.29, 0.717) is 15.7 Å². The smallest absolute Gasteiger partial charge is 0.379 e. The molecule has 0 amide bonds. The molecular weight excluding hydrogens is 393 g/mol. The number of halogens is 1. The van der Waals surface area contributed by atoms with Crippen molar-refractivity contribution in [1.82, 2.24) is 5.09 Å². The summed E-state index contributed by atoms with van der Waals surface area (Å²) in [6, 6.07) is 14.9. The Kier molecular flexibility index (Phi) is 7.59. The molecule has 8 heteroatoms. The zero-order valence-electron chi connectivity index (χ0n) is 14.7. The van der Waals surface area contributed by atoms with Crippen LogP contribution in [-0.2, 0) is 14.1 Å². The first-order chi connectivity index (χ1) is 12.3. The summed E-state index contributed by atoms with van der Waals surface area (Å²) >= 11 is 6.92. The summed E-state index contributed by atoms with van der Waals surface area (Å²) in [5.41, 5.74) is 0. The lowest BCUT2D eigenvalue weighted by atomic mass is 10.3. The molecule has 0 saturated carbocycles. The van der Waals surface area contributed by atoms with Crippen molar-refractivity contribution in [2.75, 3.05) is 0 Å². The molecule has 1 N–H and O–H groups in total. The second kappa shape index (κ2) is 9.47. The highest BCUT2D eigenvalue weighted by Gasteiger charge is 2.32. The normalized spacial score (nSPS) is 14.5. The predicted octanol–water partition coefficient (Wildman–Crippen LogP) is 5.55. The minimum absolute atomic E-state index is 0.259. The van der Waals surface area contributed by atoms with Gasteiger partial charge in [0.2, 0.25) is 0 Å². The van der Waals surface area contributed by atoms with Crippen molar-refractivity contribution in [3.8, 4) is 5.75 Å². The molecule has 0 aliphatic rings. The standard InChI is InChI=1S/C18H21ClNO4PS/c1-13(2)23-18(21)14(3)20-25(22,24-16-7-5-4-6-8-16)26-17-11-9-15(19)10-12-17/h4-14H,1-3H3,(H,20,22)/t14-,25?/m0/s1. The average Bonchev–Trinajstić information content (AvgIpc) is 2.57. The summed E-state index contributed by atoms with van der Waals surface area (Å²) in [5.74, 6) is -0.0529. The molecule has 1 unspecified atom stereocenters. The van der Waals surface area contributed by atoms with Gasteiger partial charge in [0.1, 0.15) is 11.8 Å². The van der Waals surface area contributed by atoms with Gasteiger partial charge in [0, 0.05) is 9.92 Å². The van der Waals surface area contributed by atoms with Crippen LogP contribution in [0.25, 0.3) is 0 Å². The number of para-hydroxylation sites is 1. The molecule has 0 heterocycles. The van der Waals surface area contributed by atoms with E-state index < -0.39 is 18.7 Å². The van der Waals surface area contributed by atoms with E-state index in [1.54, 1.807) is 69.3 Å². The third-order valence-electron chi connectivity index (χ3n) is 3.07. The summed E-state index contributed by atoms with van der Waals surface area (Å²) in [7, 11) is 0. The van der Waals surface area contributed by atoms with Gasteiger partial charge in [-0.1, -0.05) is 29.8 Å². The number of benzene rings is 2. The maximum Gasteiger partial charge on any atom is 0.379 e. The second-order valence-electron chi connectivity index (χ2n) is 5.78. The first-order valence-corrected chi connectivity index (χ1v) is 11.5. The van der Waals surface area contributed by atoms with Crippen molar-refractivity contribution in [3.05, 3.63) is 59.6 Å². The highest BCUT2D eigenvalue weighted by Crippen LogP contribution is 2.59. The topological polar surface area (TPSA) is 64.6 Å². The van der Waals surface area contributed by atoms with Crippen molar-refractivity contribution in [2.24, 2.45) is 0 Å². The first-order valence-electron chi connectivity index (χ1n) is 8.05. The molecule has 5 nitrogen and oxygen atoms in total. The predicted molar refractivity (Wildman–Crippen MR) is 106 cm³/mol. The lowest BCUT2D eigenvalue weighted by Gasteiger charge is -2.23. The lowest BCUT2D eigenvalue weighted by Crippen LogP contribution is -2.35. The van der Waals surface area contributed by atoms with Gasteiger partial charge in [0.25, 0.3) is 0 Å². The van der Waals surface area contributed by atoms with Gasteiger partial charge in [-0.15, -0.1) is 0 Å². The maximum atomic E-state index is 13.4. The SMILES string of the molecule is CC(C)OC(=O)[C@H](C)NP(=O)(Oc1ccccc1)Sc1ccc(Cl)cc1. The molecule has 0 radical (unpaired) electrons. The Balaban J connectivity index is 2.21. The number of rotatable bonds is 8. The van der Waals surface area contributed by atoms with E-state index in [2.05, 4.69) is 5.09 Å². The maximum absolute atomic E-state index is 13.4. The Morgan fingerprint density at radius 1 is 1.08 bits per heavy atom. The van der Waals surface area contributed by atoms with Crippen LogP contribution < -0.4 is 9.61 Å². The number of ether oxygens (including phenoxy) is 1. The molecule has 140 valence electrons. The fourth-order valence-electron chi connectivity index (χ4n) is 1.95. The zero-order valence-corrected chi connectivity index (χ0v) is 17.2.